The standard InChI is InChI=1S/C19H25N5OS/c1-2-15-5-3-4-12-23(15)17(25)13-26-19-22-21-18(24(19)16-6-7-16)14-8-10-20-11-9-14/h8-11,15-16H,2-7,12-13H2,1H3/t15-/m1/s1. The van der Waals surface area contributed by atoms with Crippen molar-refractivity contribution in [2.75, 3.05) is 12.3 Å². The molecular weight excluding hydrogens is 346 g/mol. The summed E-state index contributed by atoms with van der Waals surface area (Å²) in [6, 6.07) is 4.79. The first-order valence-electron chi connectivity index (χ1n) is 9.55. The fraction of sp³-hybridized carbons (Fsp3) is 0.579. The van der Waals surface area contributed by atoms with E-state index in [1.807, 2.05) is 12.1 Å². The highest BCUT2D eigenvalue weighted by atomic mass is 32.2. The maximum absolute atomic E-state index is 12.8. The highest BCUT2D eigenvalue weighted by molar-refractivity contribution is 7.99. The fourth-order valence-electron chi connectivity index (χ4n) is 3.70. The molecule has 2 fully saturated rings. The maximum atomic E-state index is 12.8. The van der Waals surface area contributed by atoms with Gasteiger partial charge in [0.15, 0.2) is 11.0 Å². The number of carbonyl (C=O) groups is 1. The van der Waals surface area contributed by atoms with E-state index in [4.69, 9.17) is 0 Å². The van der Waals surface area contributed by atoms with Gasteiger partial charge < -0.3 is 4.90 Å². The van der Waals surface area contributed by atoms with Crippen molar-refractivity contribution in [2.24, 2.45) is 0 Å². The second-order valence-corrected chi connectivity index (χ2v) is 8.02. The second-order valence-electron chi connectivity index (χ2n) is 7.08. The van der Waals surface area contributed by atoms with Gasteiger partial charge in [0, 0.05) is 36.6 Å². The van der Waals surface area contributed by atoms with Crippen LogP contribution in [0.1, 0.15) is 51.5 Å². The van der Waals surface area contributed by atoms with E-state index in [2.05, 4.69) is 31.6 Å². The second kappa shape index (κ2) is 7.78. The number of thioether (sulfide) groups is 1. The van der Waals surface area contributed by atoms with Gasteiger partial charge in [-0.15, -0.1) is 10.2 Å². The third-order valence-corrected chi connectivity index (χ3v) is 6.19. The van der Waals surface area contributed by atoms with Crippen LogP contribution >= 0.6 is 11.8 Å². The van der Waals surface area contributed by atoms with E-state index in [9.17, 15) is 4.79 Å². The Hall–Kier alpha value is -1.89. The number of pyridine rings is 1. The van der Waals surface area contributed by atoms with Gasteiger partial charge in [0.1, 0.15) is 0 Å². The zero-order valence-electron chi connectivity index (χ0n) is 15.2. The summed E-state index contributed by atoms with van der Waals surface area (Å²) in [5.41, 5.74) is 1.03. The summed E-state index contributed by atoms with van der Waals surface area (Å²) < 4.78 is 2.21. The molecule has 0 unspecified atom stereocenters. The monoisotopic (exact) mass is 371 g/mol. The van der Waals surface area contributed by atoms with Gasteiger partial charge in [-0.25, -0.2) is 0 Å². The molecule has 2 aromatic rings. The van der Waals surface area contributed by atoms with Crippen molar-refractivity contribution in [2.45, 2.75) is 62.7 Å². The van der Waals surface area contributed by atoms with E-state index in [0.29, 0.717) is 17.8 Å². The Morgan fingerprint density at radius 2 is 2.00 bits per heavy atom. The van der Waals surface area contributed by atoms with Gasteiger partial charge in [-0.1, -0.05) is 18.7 Å². The first kappa shape index (κ1) is 17.5. The Morgan fingerprint density at radius 3 is 2.73 bits per heavy atom. The van der Waals surface area contributed by atoms with Crippen LogP contribution < -0.4 is 0 Å². The van der Waals surface area contributed by atoms with Crippen molar-refractivity contribution >= 4 is 17.7 Å². The average molecular weight is 372 g/mol. The molecule has 0 bridgehead atoms. The molecule has 138 valence electrons. The Morgan fingerprint density at radius 1 is 1.19 bits per heavy atom. The van der Waals surface area contributed by atoms with Crippen molar-refractivity contribution in [3.63, 3.8) is 0 Å². The number of likely N-dealkylation sites (tertiary alicyclic amines) is 1. The molecule has 0 spiro atoms. The number of carbonyl (C=O) groups excluding carboxylic acids is 1. The van der Waals surface area contributed by atoms with Crippen molar-refractivity contribution in [1.29, 1.82) is 0 Å². The topological polar surface area (TPSA) is 63.9 Å². The highest BCUT2D eigenvalue weighted by Gasteiger charge is 2.31. The van der Waals surface area contributed by atoms with Crippen LogP contribution in [-0.2, 0) is 4.79 Å². The number of piperidine rings is 1. The third-order valence-electron chi connectivity index (χ3n) is 5.26. The summed E-state index contributed by atoms with van der Waals surface area (Å²) >= 11 is 1.53. The molecule has 6 nitrogen and oxygen atoms in total. The number of hydrogen-bond acceptors (Lipinski definition) is 5. The molecule has 1 saturated heterocycles. The van der Waals surface area contributed by atoms with Crippen LogP contribution in [0.25, 0.3) is 11.4 Å². The maximum Gasteiger partial charge on any atom is 0.233 e. The lowest BCUT2D eigenvalue weighted by atomic mass is 10.0. The third kappa shape index (κ3) is 3.63. The van der Waals surface area contributed by atoms with E-state index in [0.717, 1.165) is 55.2 Å². The van der Waals surface area contributed by atoms with Gasteiger partial charge in [-0.05, 0) is 50.7 Å². The van der Waals surface area contributed by atoms with Crippen LogP contribution in [0.2, 0.25) is 0 Å². The molecule has 7 heteroatoms. The van der Waals surface area contributed by atoms with Crippen LogP contribution in [0, 0.1) is 0 Å². The van der Waals surface area contributed by atoms with Gasteiger partial charge in [0.2, 0.25) is 5.91 Å². The van der Waals surface area contributed by atoms with Crippen LogP contribution in [0.5, 0.6) is 0 Å². The molecule has 1 atom stereocenters. The van der Waals surface area contributed by atoms with Crippen molar-refractivity contribution in [3.8, 4) is 11.4 Å². The van der Waals surface area contributed by atoms with Crippen molar-refractivity contribution in [3.05, 3.63) is 24.5 Å². The molecule has 0 aromatic carbocycles. The quantitative estimate of drug-likeness (QED) is 0.727. The molecule has 3 heterocycles. The molecule has 2 aromatic heterocycles. The first-order valence-corrected chi connectivity index (χ1v) is 10.5. The van der Waals surface area contributed by atoms with E-state index in [-0.39, 0.29) is 5.91 Å². The molecule has 0 N–H and O–H groups in total. The summed E-state index contributed by atoms with van der Waals surface area (Å²) in [7, 11) is 0. The number of amides is 1. The van der Waals surface area contributed by atoms with E-state index in [1.54, 1.807) is 12.4 Å². The SMILES string of the molecule is CC[C@@H]1CCCCN1C(=O)CSc1nnc(-c2ccncc2)n1C1CC1. The van der Waals surface area contributed by atoms with E-state index >= 15 is 0 Å². The fourth-order valence-corrected chi connectivity index (χ4v) is 4.59. The van der Waals surface area contributed by atoms with Crippen molar-refractivity contribution in [1.82, 2.24) is 24.6 Å². The van der Waals surface area contributed by atoms with Crippen LogP contribution in [0.3, 0.4) is 0 Å². The Kier molecular flexibility index (Phi) is 5.24. The Labute approximate surface area is 158 Å². The molecule has 26 heavy (non-hydrogen) atoms. The molecule has 1 saturated carbocycles. The molecule has 1 amide bonds. The molecule has 4 rings (SSSR count). The minimum absolute atomic E-state index is 0.234. The Balaban J connectivity index is 1.48. The minimum atomic E-state index is 0.234. The van der Waals surface area contributed by atoms with Gasteiger partial charge >= 0.3 is 0 Å². The average Bonchev–Trinajstić information content (AvgIpc) is 3.45. The summed E-state index contributed by atoms with van der Waals surface area (Å²) in [4.78, 5) is 18.9. The molecule has 1 aliphatic heterocycles. The molecule has 1 aliphatic carbocycles. The van der Waals surface area contributed by atoms with Gasteiger partial charge in [0.05, 0.1) is 5.75 Å². The minimum Gasteiger partial charge on any atom is -0.339 e. The first-order chi connectivity index (χ1) is 12.8. The van der Waals surface area contributed by atoms with Crippen LogP contribution in [0.4, 0.5) is 0 Å². The molecular formula is C19H25N5OS. The van der Waals surface area contributed by atoms with Crippen LogP contribution in [-0.4, -0.2) is 48.9 Å². The normalized spacial score (nSPS) is 20.3. The van der Waals surface area contributed by atoms with Gasteiger partial charge in [0.25, 0.3) is 0 Å². The lowest BCUT2D eigenvalue weighted by Gasteiger charge is -2.35. The Bertz CT molecular complexity index is 759. The van der Waals surface area contributed by atoms with Crippen molar-refractivity contribution < 1.29 is 4.79 Å². The number of rotatable bonds is 6. The highest BCUT2D eigenvalue weighted by Crippen LogP contribution is 2.41. The largest absolute Gasteiger partial charge is 0.339 e. The van der Waals surface area contributed by atoms with Gasteiger partial charge in [-0.2, -0.15) is 0 Å². The summed E-state index contributed by atoms with van der Waals surface area (Å²) in [6.07, 6.45) is 10.4. The zero-order valence-corrected chi connectivity index (χ0v) is 16.0. The lowest BCUT2D eigenvalue weighted by molar-refractivity contribution is -0.132. The van der Waals surface area contributed by atoms with Crippen LogP contribution in [0.15, 0.2) is 29.7 Å². The zero-order chi connectivity index (χ0) is 17.9. The smallest absolute Gasteiger partial charge is 0.233 e. The summed E-state index contributed by atoms with van der Waals surface area (Å²) in [5, 5.41) is 9.66. The summed E-state index contributed by atoms with van der Waals surface area (Å²) in [6.45, 7) is 3.07. The number of aromatic nitrogens is 4. The lowest BCUT2D eigenvalue weighted by Crippen LogP contribution is -2.44. The summed E-state index contributed by atoms with van der Waals surface area (Å²) in [5.74, 6) is 1.56. The number of nitrogens with zero attached hydrogens (tertiary/aromatic N) is 5. The predicted molar refractivity (Wildman–Crippen MR) is 102 cm³/mol. The predicted octanol–water partition coefficient (Wildman–Crippen LogP) is 3.56. The number of hydrogen-bond donors (Lipinski definition) is 0. The molecule has 2 aliphatic rings. The van der Waals surface area contributed by atoms with E-state index in [1.165, 1.54) is 18.2 Å². The van der Waals surface area contributed by atoms with Gasteiger partial charge in [-0.3, -0.25) is 14.3 Å². The molecule has 0 radical (unpaired) electrons. The van der Waals surface area contributed by atoms with E-state index < -0.39 is 0 Å².